The molecule has 4 aromatic rings. The van der Waals surface area contributed by atoms with E-state index in [1.165, 1.54) is 0 Å². The molecule has 40 heavy (non-hydrogen) atoms. The number of likely N-dealkylation sites (tertiary alicyclic amines) is 1. The second kappa shape index (κ2) is 12.7. The number of aromatic nitrogens is 3. The van der Waals surface area contributed by atoms with Gasteiger partial charge in [0.2, 0.25) is 0 Å². The van der Waals surface area contributed by atoms with Crippen LogP contribution in [0, 0.1) is 0 Å². The predicted octanol–water partition coefficient (Wildman–Crippen LogP) is 5.27. The van der Waals surface area contributed by atoms with Crippen LogP contribution in [0.4, 0.5) is 0 Å². The number of hydrogen-bond acceptors (Lipinski definition) is 6. The summed E-state index contributed by atoms with van der Waals surface area (Å²) in [7, 11) is 0. The molecule has 1 aliphatic heterocycles. The van der Waals surface area contributed by atoms with Crippen LogP contribution in [0.1, 0.15) is 48.6 Å². The topological polar surface area (TPSA) is 77.3 Å². The highest BCUT2D eigenvalue weighted by Crippen LogP contribution is 2.43. The largest absolute Gasteiger partial charge is 0.466 e. The second-order valence-corrected chi connectivity index (χ2v) is 9.89. The molecule has 0 aliphatic carbocycles. The maximum absolute atomic E-state index is 13.2. The summed E-state index contributed by atoms with van der Waals surface area (Å²) in [6.45, 7) is 3.81. The van der Waals surface area contributed by atoms with E-state index in [0.29, 0.717) is 56.8 Å². The Kier molecular flexibility index (Phi) is 8.62. The number of piperidine rings is 1. The van der Waals surface area contributed by atoms with Gasteiger partial charge in [0.1, 0.15) is 5.69 Å². The monoisotopic (exact) mass is 534 g/mol. The third-order valence-electron chi connectivity index (χ3n) is 7.33. The molecule has 0 saturated carbocycles. The van der Waals surface area contributed by atoms with E-state index >= 15 is 0 Å². The zero-order valence-electron chi connectivity index (χ0n) is 22.8. The Morgan fingerprint density at radius 2 is 1.50 bits per heavy atom. The number of ether oxygens (including phenoxy) is 1. The Morgan fingerprint density at radius 1 is 0.925 bits per heavy atom. The minimum atomic E-state index is -0.589. The number of nitrogens with zero attached hydrogens (tertiary/aromatic N) is 4. The Bertz CT molecular complexity index is 1350. The van der Waals surface area contributed by atoms with Gasteiger partial charge in [-0.1, -0.05) is 96.2 Å². The molecule has 1 aromatic heterocycles. The lowest BCUT2D eigenvalue weighted by Crippen LogP contribution is -2.52. The quantitative estimate of drug-likeness (QED) is 0.157. The maximum atomic E-state index is 13.2. The van der Waals surface area contributed by atoms with Gasteiger partial charge in [-0.2, -0.15) is 0 Å². The van der Waals surface area contributed by atoms with Gasteiger partial charge in [0.25, 0.3) is 0 Å². The van der Waals surface area contributed by atoms with Crippen molar-refractivity contribution in [3.05, 3.63) is 125 Å². The first-order chi connectivity index (χ1) is 19.6. The minimum Gasteiger partial charge on any atom is -0.466 e. The molecule has 0 spiro atoms. The van der Waals surface area contributed by atoms with Gasteiger partial charge in [-0.3, -0.25) is 19.2 Å². The Hall–Kier alpha value is -4.36. The number of ketones is 1. The second-order valence-electron chi connectivity index (χ2n) is 9.89. The van der Waals surface area contributed by atoms with Gasteiger partial charge in [0.15, 0.2) is 5.78 Å². The summed E-state index contributed by atoms with van der Waals surface area (Å²) in [6, 6.07) is 31.5. The molecule has 5 rings (SSSR count). The van der Waals surface area contributed by atoms with Crippen molar-refractivity contribution in [2.45, 2.75) is 38.3 Å². The van der Waals surface area contributed by atoms with E-state index in [2.05, 4.69) is 88.0 Å². The molecule has 0 bridgehead atoms. The van der Waals surface area contributed by atoms with E-state index in [4.69, 9.17) is 4.74 Å². The van der Waals surface area contributed by atoms with Gasteiger partial charge < -0.3 is 4.74 Å². The van der Waals surface area contributed by atoms with Crippen molar-refractivity contribution in [1.29, 1.82) is 0 Å². The normalized spacial score (nSPS) is 15.3. The van der Waals surface area contributed by atoms with Crippen molar-refractivity contribution < 1.29 is 14.3 Å². The molecule has 0 atom stereocenters. The van der Waals surface area contributed by atoms with E-state index < -0.39 is 5.54 Å². The minimum absolute atomic E-state index is 0.121. The van der Waals surface area contributed by atoms with Crippen molar-refractivity contribution in [1.82, 2.24) is 19.9 Å². The fourth-order valence-electron chi connectivity index (χ4n) is 5.55. The first-order valence-electron chi connectivity index (χ1n) is 13.8. The summed E-state index contributed by atoms with van der Waals surface area (Å²) >= 11 is 0. The maximum Gasteiger partial charge on any atom is 0.305 e. The summed E-state index contributed by atoms with van der Waals surface area (Å²) in [5.74, 6) is -0.0900. The molecule has 7 heteroatoms. The number of esters is 1. The number of carbonyl (C=O) groups is 2. The Morgan fingerprint density at radius 3 is 2.05 bits per heavy atom. The molecule has 2 heterocycles. The Balaban J connectivity index is 1.48. The number of Topliss-reactive ketones (excluding diaryl/α,β-unsaturated/α-hetero) is 1. The number of hydrogen-bond donors (Lipinski definition) is 0. The summed E-state index contributed by atoms with van der Waals surface area (Å²) in [6.07, 6.45) is 5.03. The first-order valence-corrected chi connectivity index (χ1v) is 13.8. The van der Waals surface area contributed by atoms with Crippen LogP contribution in [-0.4, -0.2) is 51.3 Å². The average molecular weight is 535 g/mol. The highest BCUT2D eigenvalue weighted by atomic mass is 16.5. The molecule has 204 valence electrons. The molecule has 0 amide bonds. The van der Waals surface area contributed by atoms with Crippen molar-refractivity contribution >= 4 is 17.8 Å². The molecule has 0 N–H and O–H groups in total. The summed E-state index contributed by atoms with van der Waals surface area (Å²) in [5.41, 5.74) is 4.19. The first kappa shape index (κ1) is 27.2. The van der Waals surface area contributed by atoms with E-state index in [9.17, 15) is 9.59 Å². The molecule has 1 saturated heterocycles. The van der Waals surface area contributed by atoms with E-state index in [1.807, 2.05) is 30.5 Å². The number of aryl methyl sites for hydroxylation is 1. The highest BCUT2D eigenvalue weighted by molar-refractivity contribution is 6.00. The van der Waals surface area contributed by atoms with Gasteiger partial charge in [-0.15, -0.1) is 5.10 Å². The molecular weight excluding hydrogens is 500 g/mol. The fraction of sp³-hybridized carbons (Fsp3) is 0.273. The smallest absolute Gasteiger partial charge is 0.305 e. The van der Waals surface area contributed by atoms with Crippen LogP contribution in [0.3, 0.4) is 0 Å². The molecule has 7 nitrogen and oxygen atoms in total. The van der Waals surface area contributed by atoms with E-state index in [-0.39, 0.29) is 11.8 Å². The lowest BCUT2D eigenvalue weighted by Gasteiger charge is -2.47. The summed E-state index contributed by atoms with van der Waals surface area (Å²) in [5, 5.41) is 8.50. The van der Waals surface area contributed by atoms with Crippen molar-refractivity contribution in [3.8, 4) is 0 Å². The fourth-order valence-corrected chi connectivity index (χ4v) is 5.55. The zero-order valence-corrected chi connectivity index (χ0v) is 22.8. The number of benzene rings is 3. The van der Waals surface area contributed by atoms with Gasteiger partial charge in [-0.05, 0) is 36.1 Å². The van der Waals surface area contributed by atoms with Crippen LogP contribution in [0.25, 0.3) is 6.08 Å². The van der Waals surface area contributed by atoms with Gasteiger partial charge in [0, 0.05) is 38.0 Å². The van der Waals surface area contributed by atoms with Crippen LogP contribution < -0.4 is 0 Å². The third-order valence-corrected chi connectivity index (χ3v) is 7.33. The number of carbonyl (C=O) groups excluding carboxylic acids is 2. The summed E-state index contributed by atoms with van der Waals surface area (Å²) < 4.78 is 6.70. The van der Waals surface area contributed by atoms with Gasteiger partial charge in [-0.25, -0.2) is 0 Å². The van der Waals surface area contributed by atoms with Crippen molar-refractivity contribution in [3.63, 3.8) is 0 Å². The molecule has 3 aromatic carbocycles. The third kappa shape index (κ3) is 5.80. The SMILES string of the molecule is CCOC(=O)CCCn1cc(/C=C2/CN(C(c3ccccc3)(c3ccccc3)c3ccccc3)CCC2=O)nn1. The van der Waals surface area contributed by atoms with Gasteiger partial charge >= 0.3 is 5.97 Å². The average Bonchev–Trinajstić information content (AvgIpc) is 3.44. The molecule has 0 unspecified atom stereocenters. The van der Waals surface area contributed by atoms with Gasteiger partial charge in [0.05, 0.1) is 18.3 Å². The van der Waals surface area contributed by atoms with Crippen LogP contribution >= 0.6 is 0 Å². The van der Waals surface area contributed by atoms with Crippen LogP contribution in [0.15, 0.2) is 103 Å². The van der Waals surface area contributed by atoms with Crippen LogP contribution in [-0.2, 0) is 26.4 Å². The van der Waals surface area contributed by atoms with Crippen LogP contribution in [0.5, 0.6) is 0 Å². The van der Waals surface area contributed by atoms with E-state index in [1.54, 1.807) is 11.6 Å². The molecule has 0 radical (unpaired) electrons. The molecule has 1 fully saturated rings. The highest BCUT2D eigenvalue weighted by Gasteiger charge is 2.44. The zero-order chi connectivity index (χ0) is 27.8. The predicted molar refractivity (Wildman–Crippen MR) is 154 cm³/mol. The lowest BCUT2D eigenvalue weighted by atomic mass is 9.74. The van der Waals surface area contributed by atoms with Crippen molar-refractivity contribution in [2.75, 3.05) is 19.7 Å². The number of rotatable bonds is 10. The summed E-state index contributed by atoms with van der Waals surface area (Å²) in [4.78, 5) is 27.2. The van der Waals surface area contributed by atoms with Crippen LogP contribution in [0.2, 0.25) is 0 Å². The molecule has 1 aliphatic rings. The van der Waals surface area contributed by atoms with Crippen molar-refractivity contribution in [2.24, 2.45) is 0 Å². The van der Waals surface area contributed by atoms with E-state index in [0.717, 1.165) is 16.7 Å². The Labute approximate surface area is 235 Å². The molecular formula is C33H34N4O3. The lowest BCUT2D eigenvalue weighted by molar-refractivity contribution is -0.143. The standard InChI is InChI=1S/C33H34N4O3/c1-2-40-32(39)19-12-21-37-25-30(34-35-37)23-26-24-36(22-20-31(26)38)33(27-13-6-3-7-14-27,28-15-8-4-9-16-28)29-17-10-5-11-18-29/h3-11,13-18,23,25H,2,12,19-22,24H2,1H3/b26-23-.